The quantitative estimate of drug-likeness (QED) is 0.724. The summed E-state index contributed by atoms with van der Waals surface area (Å²) in [5.74, 6) is -0.635. The van der Waals surface area contributed by atoms with Gasteiger partial charge in [0, 0.05) is 11.6 Å². The van der Waals surface area contributed by atoms with Gasteiger partial charge in [0.2, 0.25) is 0 Å². The van der Waals surface area contributed by atoms with Gasteiger partial charge in [0.1, 0.15) is 5.82 Å². The number of fused-ring (bicyclic) bond motifs is 1. The molecule has 0 aliphatic carbocycles. The average molecular weight is 234 g/mol. The molecule has 3 nitrogen and oxygen atoms in total. The number of nitrogens with zero attached hydrogens (tertiary/aromatic N) is 1. The topological polar surface area (TPSA) is 56.0 Å². The van der Waals surface area contributed by atoms with Crippen molar-refractivity contribution in [3.8, 4) is 6.07 Å². The summed E-state index contributed by atoms with van der Waals surface area (Å²) in [6.45, 7) is 5.56. The summed E-state index contributed by atoms with van der Waals surface area (Å²) >= 11 is 0. The van der Waals surface area contributed by atoms with Crippen molar-refractivity contribution in [3.63, 3.8) is 0 Å². The van der Waals surface area contributed by atoms with Crippen molar-refractivity contribution in [2.75, 3.05) is 5.32 Å². The van der Waals surface area contributed by atoms with Gasteiger partial charge in [0.15, 0.2) is 0 Å². The molecular weight excluding hydrogens is 219 g/mol. The van der Waals surface area contributed by atoms with Gasteiger partial charge in [-0.3, -0.25) is 0 Å². The molecule has 2 N–H and O–H groups in total. The maximum atomic E-state index is 13.4. The van der Waals surface area contributed by atoms with Crippen LogP contribution in [0.2, 0.25) is 0 Å². The molecule has 17 heavy (non-hydrogen) atoms. The Morgan fingerprint density at radius 1 is 1.47 bits per heavy atom. The van der Waals surface area contributed by atoms with Crippen LogP contribution in [0.4, 0.5) is 10.1 Å². The summed E-state index contributed by atoms with van der Waals surface area (Å²) < 4.78 is 13.4. The second-order valence-corrected chi connectivity index (χ2v) is 5.11. The summed E-state index contributed by atoms with van der Waals surface area (Å²) in [6.07, 6.45) is -0.618. The molecule has 0 saturated heterocycles. The number of rotatable bonds is 0. The molecule has 1 aliphatic heterocycles. The van der Waals surface area contributed by atoms with Crippen LogP contribution in [0.5, 0.6) is 0 Å². The van der Waals surface area contributed by atoms with Gasteiger partial charge in [0.05, 0.1) is 23.3 Å². The molecule has 0 saturated carbocycles. The first-order valence-electron chi connectivity index (χ1n) is 5.56. The number of aliphatic hydroxyl groups excluding tert-OH is 1. The van der Waals surface area contributed by atoms with Crippen LogP contribution in [-0.2, 0) is 0 Å². The van der Waals surface area contributed by atoms with E-state index in [0.717, 1.165) is 0 Å². The second kappa shape index (κ2) is 3.71. The lowest BCUT2D eigenvalue weighted by atomic mass is 9.77. The van der Waals surface area contributed by atoms with Gasteiger partial charge in [-0.1, -0.05) is 6.92 Å². The summed E-state index contributed by atoms with van der Waals surface area (Å²) in [6, 6.07) is 4.57. The number of hydrogen-bond acceptors (Lipinski definition) is 3. The summed E-state index contributed by atoms with van der Waals surface area (Å²) in [5.41, 5.74) is 1.05. The highest BCUT2D eigenvalue weighted by molar-refractivity contribution is 5.63. The van der Waals surface area contributed by atoms with Gasteiger partial charge < -0.3 is 10.4 Å². The molecule has 0 aromatic heterocycles. The smallest absolute Gasteiger partial charge is 0.126 e. The number of nitrogens with one attached hydrogen (secondary N) is 1. The Hall–Kier alpha value is -1.60. The standard InChI is InChI=1S/C13H15FN2O/c1-7-11-8(6-15)4-9(14)5-10(11)16-13(2,3)12(7)17/h4-5,7,12,16-17H,1-3H3/t7-,12+/m0/s1. The van der Waals surface area contributed by atoms with Gasteiger partial charge in [0.25, 0.3) is 0 Å². The Kier molecular flexibility index (Phi) is 2.59. The number of hydrogen-bond donors (Lipinski definition) is 2. The normalized spacial score (nSPS) is 25.6. The fraction of sp³-hybridized carbons (Fsp3) is 0.462. The van der Waals surface area contributed by atoms with Gasteiger partial charge in [-0.25, -0.2) is 4.39 Å². The molecule has 0 radical (unpaired) electrons. The van der Waals surface area contributed by atoms with Crippen LogP contribution >= 0.6 is 0 Å². The van der Waals surface area contributed by atoms with Gasteiger partial charge in [-0.2, -0.15) is 5.26 Å². The first-order chi connectivity index (χ1) is 7.86. The molecular formula is C13H15FN2O. The molecule has 2 atom stereocenters. The molecule has 0 bridgehead atoms. The monoisotopic (exact) mass is 234 g/mol. The number of halogens is 1. The Balaban J connectivity index is 2.65. The highest BCUT2D eigenvalue weighted by Crippen LogP contribution is 2.40. The maximum absolute atomic E-state index is 13.4. The third-order valence-electron chi connectivity index (χ3n) is 3.39. The third-order valence-corrected chi connectivity index (χ3v) is 3.39. The molecule has 4 heteroatoms. The maximum Gasteiger partial charge on any atom is 0.126 e. The first-order valence-corrected chi connectivity index (χ1v) is 5.56. The van der Waals surface area contributed by atoms with Crippen molar-refractivity contribution in [1.82, 2.24) is 0 Å². The largest absolute Gasteiger partial charge is 0.390 e. The zero-order valence-corrected chi connectivity index (χ0v) is 10.1. The minimum atomic E-state index is -0.618. The molecule has 2 rings (SSSR count). The van der Waals surface area contributed by atoms with E-state index >= 15 is 0 Å². The van der Waals surface area contributed by atoms with Crippen LogP contribution in [0.1, 0.15) is 37.8 Å². The highest BCUT2D eigenvalue weighted by atomic mass is 19.1. The lowest BCUT2D eigenvalue weighted by Gasteiger charge is -2.42. The van der Waals surface area contributed by atoms with E-state index < -0.39 is 17.5 Å². The van der Waals surface area contributed by atoms with Crippen LogP contribution in [0, 0.1) is 17.1 Å². The van der Waals surface area contributed by atoms with Crippen LogP contribution < -0.4 is 5.32 Å². The fourth-order valence-electron chi connectivity index (χ4n) is 2.51. The lowest BCUT2D eigenvalue weighted by Crippen LogP contribution is -2.50. The van der Waals surface area contributed by atoms with Gasteiger partial charge in [-0.15, -0.1) is 0 Å². The zero-order valence-electron chi connectivity index (χ0n) is 10.1. The second-order valence-electron chi connectivity index (χ2n) is 5.11. The Bertz CT molecular complexity index is 505. The lowest BCUT2D eigenvalue weighted by molar-refractivity contribution is 0.0867. The average Bonchev–Trinajstić information content (AvgIpc) is 2.24. The fourth-order valence-corrected chi connectivity index (χ4v) is 2.51. The van der Waals surface area contributed by atoms with Crippen molar-refractivity contribution in [2.24, 2.45) is 0 Å². The first kappa shape index (κ1) is 11.9. The van der Waals surface area contributed by atoms with Crippen LogP contribution in [-0.4, -0.2) is 16.7 Å². The van der Waals surface area contributed by atoms with Crippen LogP contribution in [0.25, 0.3) is 0 Å². The van der Waals surface area contributed by atoms with Crippen LogP contribution in [0.3, 0.4) is 0 Å². The van der Waals surface area contributed by atoms with Crippen molar-refractivity contribution in [3.05, 3.63) is 29.1 Å². The highest BCUT2D eigenvalue weighted by Gasteiger charge is 2.39. The van der Waals surface area contributed by atoms with Crippen molar-refractivity contribution < 1.29 is 9.50 Å². The zero-order chi connectivity index (χ0) is 12.8. The summed E-state index contributed by atoms with van der Waals surface area (Å²) in [4.78, 5) is 0. The van der Waals surface area contributed by atoms with Crippen molar-refractivity contribution in [2.45, 2.75) is 38.3 Å². The summed E-state index contributed by atoms with van der Waals surface area (Å²) in [5, 5.41) is 22.3. The number of benzene rings is 1. The van der Waals surface area contributed by atoms with Crippen LogP contribution in [0.15, 0.2) is 12.1 Å². The molecule has 1 aromatic carbocycles. The molecule has 0 fully saturated rings. The number of aliphatic hydroxyl groups is 1. The van der Waals surface area contributed by atoms with Gasteiger partial charge in [-0.05, 0) is 31.5 Å². The molecule has 1 heterocycles. The van der Waals surface area contributed by atoms with Gasteiger partial charge >= 0.3 is 0 Å². The molecule has 0 unspecified atom stereocenters. The minimum absolute atomic E-state index is 0.198. The number of nitriles is 1. The van der Waals surface area contributed by atoms with E-state index in [9.17, 15) is 9.50 Å². The molecule has 90 valence electrons. The molecule has 1 aliphatic rings. The molecule has 0 spiro atoms. The molecule has 0 amide bonds. The molecule has 1 aromatic rings. The number of anilines is 1. The SMILES string of the molecule is C[C@H]1c2c(C#N)cc(F)cc2NC(C)(C)[C@@H]1O. The van der Waals surface area contributed by atoms with E-state index in [0.29, 0.717) is 11.3 Å². The van der Waals surface area contributed by atoms with E-state index in [1.165, 1.54) is 12.1 Å². The van der Waals surface area contributed by atoms with E-state index in [-0.39, 0.29) is 11.5 Å². The predicted molar refractivity (Wildman–Crippen MR) is 63.2 cm³/mol. The van der Waals surface area contributed by atoms with Crippen molar-refractivity contribution in [1.29, 1.82) is 5.26 Å². The van der Waals surface area contributed by atoms with Crippen molar-refractivity contribution >= 4 is 5.69 Å². The summed E-state index contributed by atoms with van der Waals surface area (Å²) in [7, 11) is 0. The van der Waals surface area contributed by atoms with E-state index in [1.807, 2.05) is 26.8 Å². The Labute approximate surface area is 99.9 Å². The Morgan fingerprint density at radius 3 is 2.71 bits per heavy atom. The minimum Gasteiger partial charge on any atom is -0.390 e. The van der Waals surface area contributed by atoms with E-state index in [1.54, 1.807) is 0 Å². The Morgan fingerprint density at radius 2 is 2.12 bits per heavy atom. The predicted octanol–water partition coefficient (Wildman–Crippen LogP) is 2.37. The van der Waals surface area contributed by atoms with E-state index in [2.05, 4.69) is 5.32 Å². The van der Waals surface area contributed by atoms with E-state index in [4.69, 9.17) is 5.26 Å². The third kappa shape index (κ3) is 1.77.